The third-order valence-electron chi connectivity index (χ3n) is 5.58. The molecule has 0 unspecified atom stereocenters. The number of ether oxygens (including phenoxy) is 1. The molecule has 0 bridgehead atoms. The summed E-state index contributed by atoms with van der Waals surface area (Å²) >= 11 is 0. The van der Waals surface area contributed by atoms with Crippen LogP contribution in [0.1, 0.15) is 27.8 Å². The predicted octanol–water partition coefficient (Wildman–Crippen LogP) is 2.25. The minimum atomic E-state index is -3.82. The zero-order chi connectivity index (χ0) is 25.2. The van der Waals surface area contributed by atoms with Crippen LogP contribution < -0.4 is 11.1 Å². The summed E-state index contributed by atoms with van der Waals surface area (Å²) in [5, 5.41) is 3.15. The van der Waals surface area contributed by atoms with E-state index in [1.807, 2.05) is 0 Å². The second-order valence-electron chi connectivity index (χ2n) is 7.74. The van der Waals surface area contributed by atoms with Crippen LogP contribution in [0.5, 0.6) is 0 Å². The number of sulfonamides is 1. The number of rotatable bonds is 6. The number of piperazine rings is 1. The Morgan fingerprint density at radius 3 is 2.31 bits per heavy atom. The fourth-order valence-corrected chi connectivity index (χ4v) is 5.20. The minimum absolute atomic E-state index is 0.0187. The van der Waals surface area contributed by atoms with Crippen molar-refractivity contribution in [2.75, 3.05) is 38.1 Å². The number of nitrogens with two attached hydrogens (primary N) is 1. The molecule has 1 aliphatic rings. The molecule has 1 fully saturated rings. The predicted molar refractivity (Wildman–Crippen MR) is 126 cm³/mol. The first-order valence-corrected chi connectivity index (χ1v) is 12.3. The van der Waals surface area contributed by atoms with Gasteiger partial charge in [0, 0.05) is 37.1 Å². The lowest BCUT2D eigenvalue weighted by Gasteiger charge is -2.33. The molecule has 1 saturated heterocycles. The van der Waals surface area contributed by atoms with E-state index >= 15 is 0 Å². The van der Waals surface area contributed by atoms with Crippen molar-refractivity contribution in [3.05, 3.63) is 59.9 Å². The number of carbonyl (C=O) groups is 3. The van der Waals surface area contributed by atoms with Crippen LogP contribution in [0, 0.1) is 0 Å². The first-order valence-electron chi connectivity index (χ1n) is 10.9. The van der Waals surface area contributed by atoms with Gasteiger partial charge in [0.1, 0.15) is 11.3 Å². The lowest BCUT2D eigenvalue weighted by atomic mass is 10.2. The molecule has 0 saturated carbocycles. The van der Waals surface area contributed by atoms with Crippen molar-refractivity contribution < 1.29 is 32.0 Å². The van der Waals surface area contributed by atoms with Gasteiger partial charge in [-0.2, -0.15) is 4.31 Å². The van der Waals surface area contributed by atoms with Gasteiger partial charge in [0.05, 0.1) is 11.5 Å². The van der Waals surface area contributed by atoms with Crippen molar-refractivity contribution in [3.63, 3.8) is 0 Å². The highest BCUT2D eigenvalue weighted by Gasteiger charge is 2.31. The number of hydrogen-bond donors (Lipinski definition) is 2. The Kier molecular flexibility index (Phi) is 6.76. The van der Waals surface area contributed by atoms with Crippen molar-refractivity contribution >= 4 is 44.6 Å². The summed E-state index contributed by atoms with van der Waals surface area (Å²) in [4.78, 5) is 37.9. The number of hydrogen-bond acceptors (Lipinski definition) is 7. The van der Waals surface area contributed by atoms with Crippen LogP contribution >= 0.6 is 0 Å². The van der Waals surface area contributed by atoms with Crippen molar-refractivity contribution in [1.82, 2.24) is 9.21 Å². The molecular formula is C23H24N4O7S. The summed E-state index contributed by atoms with van der Waals surface area (Å²) in [7, 11) is -3.82. The van der Waals surface area contributed by atoms with Gasteiger partial charge < -0.3 is 25.1 Å². The molecule has 0 aliphatic carbocycles. The van der Waals surface area contributed by atoms with Crippen molar-refractivity contribution in [3.8, 4) is 0 Å². The SMILES string of the molecule is CCOC(=O)N1CCN(S(=O)(=O)c2ccc(C(=O)Nc3c(C(N)=O)oc4ccccc34)cc2)CC1. The first kappa shape index (κ1) is 24.2. The number of amides is 3. The summed E-state index contributed by atoms with van der Waals surface area (Å²) in [6, 6.07) is 12.2. The van der Waals surface area contributed by atoms with E-state index in [-0.39, 0.29) is 54.7 Å². The van der Waals surface area contributed by atoms with Gasteiger partial charge in [0.2, 0.25) is 15.8 Å². The number of para-hydroxylation sites is 1. The summed E-state index contributed by atoms with van der Waals surface area (Å²) in [6.45, 7) is 2.66. The first-order chi connectivity index (χ1) is 16.7. The average Bonchev–Trinajstić information content (AvgIpc) is 3.23. The molecule has 0 radical (unpaired) electrons. The number of fused-ring (bicyclic) bond motifs is 1. The summed E-state index contributed by atoms with van der Waals surface area (Å²) < 4.78 is 37.7. The van der Waals surface area contributed by atoms with Gasteiger partial charge in [0.15, 0.2) is 0 Å². The van der Waals surface area contributed by atoms with Crippen molar-refractivity contribution in [1.29, 1.82) is 0 Å². The molecule has 3 N–H and O–H groups in total. The number of primary amides is 1. The van der Waals surface area contributed by atoms with E-state index in [0.717, 1.165) is 0 Å². The van der Waals surface area contributed by atoms with Crippen molar-refractivity contribution in [2.45, 2.75) is 11.8 Å². The maximum absolute atomic E-state index is 13.0. The number of nitrogens with zero attached hydrogens (tertiary/aromatic N) is 2. The van der Waals surface area contributed by atoms with Gasteiger partial charge in [-0.3, -0.25) is 9.59 Å². The number of nitrogens with one attached hydrogen (secondary N) is 1. The fourth-order valence-electron chi connectivity index (χ4n) is 3.78. The van der Waals surface area contributed by atoms with E-state index in [0.29, 0.717) is 11.0 Å². The molecule has 2 aromatic carbocycles. The molecule has 4 rings (SSSR count). The van der Waals surface area contributed by atoms with Gasteiger partial charge in [0.25, 0.3) is 11.8 Å². The molecular weight excluding hydrogens is 476 g/mol. The third-order valence-corrected chi connectivity index (χ3v) is 7.49. The van der Waals surface area contributed by atoms with Crippen molar-refractivity contribution in [2.24, 2.45) is 5.73 Å². The van der Waals surface area contributed by atoms with Crippen LogP contribution in [0.2, 0.25) is 0 Å². The zero-order valence-corrected chi connectivity index (χ0v) is 19.7. The Labute approximate surface area is 201 Å². The molecule has 12 heteroatoms. The molecule has 184 valence electrons. The van der Waals surface area contributed by atoms with Crippen LogP contribution in [-0.2, 0) is 14.8 Å². The monoisotopic (exact) mass is 500 g/mol. The van der Waals surface area contributed by atoms with Gasteiger partial charge in [-0.1, -0.05) is 12.1 Å². The summed E-state index contributed by atoms with van der Waals surface area (Å²) in [5.41, 5.74) is 6.10. The summed E-state index contributed by atoms with van der Waals surface area (Å²) in [6.07, 6.45) is -0.468. The largest absolute Gasteiger partial charge is 0.450 e. The number of benzene rings is 2. The lowest BCUT2D eigenvalue weighted by Crippen LogP contribution is -2.50. The maximum Gasteiger partial charge on any atom is 0.409 e. The zero-order valence-electron chi connectivity index (χ0n) is 18.9. The highest BCUT2D eigenvalue weighted by atomic mass is 32.2. The van der Waals surface area contributed by atoms with Gasteiger partial charge >= 0.3 is 6.09 Å². The summed E-state index contributed by atoms with van der Waals surface area (Å²) in [5.74, 6) is -1.58. The second-order valence-corrected chi connectivity index (χ2v) is 9.67. The quantitative estimate of drug-likeness (QED) is 0.526. The van der Waals surface area contributed by atoms with E-state index in [1.54, 1.807) is 31.2 Å². The standard InChI is InChI=1S/C23H24N4O7S/c1-2-33-23(30)26-11-13-27(14-12-26)35(31,32)16-9-7-15(8-10-16)22(29)25-19-17-5-3-4-6-18(17)34-20(19)21(24)28/h3-10H,2,11-14H2,1H3,(H2,24,28)(H,25,29). The van der Waals surface area contributed by atoms with Gasteiger partial charge in [-0.15, -0.1) is 0 Å². The molecule has 35 heavy (non-hydrogen) atoms. The van der Waals surface area contributed by atoms with Crippen LogP contribution in [0.15, 0.2) is 57.8 Å². The Bertz CT molecular complexity index is 1370. The Morgan fingerprint density at radius 2 is 1.69 bits per heavy atom. The van der Waals surface area contributed by atoms with E-state index in [1.165, 1.54) is 33.5 Å². The number of anilines is 1. The average molecular weight is 501 g/mol. The minimum Gasteiger partial charge on any atom is -0.450 e. The van der Waals surface area contributed by atoms with E-state index in [2.05, 4.69) is 5.32 Å². The molecule has 2 heterocycles. The smallest absolute Gasteiger partial charge is 0.409 e. The third kappa shape index (κ3) is 4.84. The molecule has 0 spiro atoms. The molecule has 1 aromatic heterocycles. The second kappa shape index (κ2) is 9.76. The van der Waals surface area contributed by atoms with Gasteiger partial charge in [-0.25, -0.2) is 13.2 Å². The molecule has 0 atom stereocenters. The highest BCUT2D eigenvalue weighted by molar-refractivity contribution is 7.89. The normalized spacial score (nSPS) is 14.6. The van der Waals surface area contributed by atoms with E-state index in [9.17, 15) is 22.8 Å². The Morgan fingerprint density at radius 1 is 1.03 bits per heavy atom. The molecule has 1 aliphatic heterocycles. The van der Waals surface area contributed by atoms with Crippen LogP contribution in [0.4, 0.5) is 10.5 Å². The molecule has 3 amide bonds. The van der Waals surface area contributed by atoms with Gasteiger partial charge in [-0.05, 0) is 43.3 Å². The number of furan rings is 1. The highest BCUT2D eigenvalue weighted by Crippen LogP contribution is 2.31. The Hall–Kier alpha value is -3.90. The topological polar surface area (TPSA) is 152 Å². The van der Waals surface area contributed by atoms with Crippen LogP contribution in [-0.4, -0.2) is 68.3 Å². The number of carbonyl (C=O) groups excluding carboxylic acids is 3. The molecule has 3 aromatic rings. The van der Waals surface area contributed by atoms with E-state index < -0.39 is 27.9 Å². The van der Waals surface area contributed by atoms with E-state index in [4.69, 9.17) is 14.9 Å². The molecule has 11 nitrogen and oxygen atoms in total. The van der Waals surface area contributed by atoms with Crippen LogP contribution in [0.25, 0.3) is 11.0 Å². The van der Waals surface area contributed by atoms with Crippen LogP contribution in [0.3, 0.4) is 0 Å². The maximum atomic E-state index is 13.0. The Balaban J connectivity index is 1.48. The fraction of sp³-hybridized carbons (Fsp3) is 0.261. The lowest BCUT2D eigenvalue weighted by molar-refractivity contribution is 0.0932.